The van der Waals surface area contributed by atoms with Crippen LogP contribution in [0.25, 0.3) is 4.13 Å². The SMILES string of the molecule is CCCCCCCC[N+](CCCCCCCC)(CCCCCCCC)CCOC(=O)Nc1ccc(N=C=O)cc1.O=S(=O)([N-]S(=O)(=O)C(F)(F)F)C(F)(F)F. The van der Waals surface area contributed by atoms with Crippen LogP contribution in [-0.4, -0.2) is 77.3 Å². The topological polar surface area (TPSA) is 150 Å². The number of carbonyl (C=O) groups excluding carboxylic acids is 2. The average molecular weight is 839 g/mol. The second-order valence-corrected chi connectivity index (χ2v) is 16.9. The van der Waals surface area contributed by atoms with Gasteiger partial charge >= 0.3 is 17.1 Å². The molecular weight excluding hydrogens is 779 g/mol. The third kappa shape index (κ3) is 23.8. The molecule has 0 spiro atoms. The Morgan fingerprint density at radius 2 is 1.02 bits per heavy atom. The summed E-state index contributed by atoms with van der Waals surface area (Å²) >= 11 is 0. The van der Waals surface area contributed by atoms with Crippen LogP contribution in [0.5, 0.6) is 0 Å². The number of halogens is 6. The van der Waals surface area contributed by atoms with Gasteiger partial charge in [-0.3, -0.25) is 5.32 Å². The van der Waals surface area contributed by atoms with Crippen LogP contribution >= 0.6 is 0 Å². The number of alkyl halides is 6. The summed E-state index contributed by atoms with van der Waals surface area (Å²) in [5, 5.41) is 2.80. The number of aliphatic imine (C=N–C) groups is 1. The summed E-state index contributed by atoms with van der Waals surface area (Å²) in [5.41, 5.74) is -11.3. The minimum atomic E-state index is -6.72. The van der Waals surface area contributed by atoms with Crippen LogP contribution in [0.1, 0.15) is 136 Å². The minimum absolute atomic E-state index is 0.427. The Labute approximate surface area is 323 Å². The van der Waals surface area contributed by atoms with Crippen molar-refractivity contribution in [1.29, 1.82) is 0 Å². The van der Waals surface area contributed by atoms with Crippen molar-refractivity contribution in [2.75, 3.05) is 38.1 Å². The molecule has 0 aliphatic carbocycles. The first-order valence-electron chi connectivity index (χ1n) is 19.1. The van der Waals surface area contributed by atoms with Gasteiger partial charge in [0.2, 0.25) is 6.08 Å². The van der Waals surface area contributed by atoms with Gasteiger partial charge in [-0.25, -0.2) is 26.4 Å². The number of unbranched alkanes of at least 4 members (excludes halogenated alkanes) is 15. The number of sulfonamides is 2. The van der Waals surface area contributed by atoms with E-state index in [4.69, 9.17) is 4.74 Å². The third-order valence-corrected chi connectivity index (χ3v) is 11.6. The van der Waals surface area contributed by atoms with Crippen molar-refractivity contribution in [3.8, 4) is 0 Å². The lowest BCUT2D eigenvalue weighted by Gasteiger charge is -2.39. The number of hydrogen-bond donors (Lipinski definition) is 1. The fraction of sp³-hybridized carbons (Fsp3) is 0.778. The zero-order valence-corrected chi connectivity index (χ0v) is 34.0. The Morgan fingerprint density at radius 3 is 1.36 bits per heavy atom. The van der Waals surface area contributed by atoms with E-state index in [0.29, 0.717) is 18.0 Å². The number of quaternary nitrogens is 1. The number of nitrogens with one attached hydrogen (secondary N) is 1. The highest BCUT2D eigenvalue weighted by atomic mass is 32.3. The van der Waals surface area contributed by atoms with E-state index in [1.54, 1.807) is 24.3 Å². The molecule has 0 aliphatic rings. The van der Waals surface area contributed by atoms with Crippen LogP contribution in [0.15, 0.2) is 29.3 Å². The molecule has 19 heteroatoms. The zero-order valence-electron chi connectivity index (χ0n) is 32.4. The summed E-state index contributed by atoms with van der Waals surface area (Å²) in [6, 6.07) is 6.77. The fourth-order valence-corrected chi connectivity index (χ4v) is 7.43. The maximum Gasteiger partial charge on any atom is 0.480 e. The van der Waals surface area contributed by atoms with Crippen molar-refractivity contribution in [2.45, 2.75) is 147 Å². The molecule has 0 heterocycles. The standard InChI is InChI=1S/C34H59N3O3.C2F6NO4S2/c1-4-7-10-13-16-19-26-37(27-20-17-14-11-8-5-2,28-21-18-15-12-9-6-3)29-30-40-34(39)36-33-24-22-32(23-25-33)35-31-38;3-1(4,5)14(10,11)9-15(12,13)2(6,7)8/h22-25H,4-21,26-30H2,1-3H3;/q;-1/p+1. The van der Waals surface area contributed by atoms with Crippen LogP contribution in [0.4, 0.5) is 42.5 Å². The maximum atomic E-state index is 12.6. The number of isocyanates is 1. The molecule has 0 aromatic heterocycles. The zero-order chi connectivity index (χ0) is 41.9. The quantitative estimate of drug-likeness (QED) is 0.0290. The third-order valence-electron chi connectivity index (χ3n) is 8.83. The predicted molar refractivity (Wildman–Crippen MR) is 202 cm³/mol. The van der Waals surface area contributed by atoms with Crippen molar-refractivity contribution < 1.29 is 62.0 Å². The summed E-state index contributed by atoms with van der Waals surface area (Å²) in [5.74, 6) is 0. The van der Waals surface area contributed by atoms with Gasteiger partial charge in [-0.2, -0.15) is 31.3 Å². The number of benzene rings is 1. The number of anilines is 1. The van der Waals surface area contributed by atoms with Crippen LogP contribution in [0.3, 0.4) is 0 Å². The van der Waals surface area contributed by atoms with E-state index < -0.39 is 37.2 Å². The van der Waals surface area contributed by atoms with Gasteiger partial charge in [0, 0.05) is 5.69 Å². The summed E-state index contributed by atoms with van der Waals surface area (Å²) in [6.07, 6.45) is 24.7. The van der Waals surface area contributed by atoms with E-state index in [9.17, 15) is 52.8 Å². The molecule has 0 saturated heterocycles. The molecule has 0 fully saturated rings. The van der Waals surface area contributed by atoms with Crippen molar-refractivity contribution in [1.82, 2.24) is 0 Å². The van der Waals surface area contributed by atoms with E-state index in [1.165, 1.54) is 141 Å². The summed E-state index contributed by atoms with van der Waals surface area (Å²) in [4.78, 5) is 26.6. The molecule has 0 saturated carbocycles. The van der Waals surface area contributed by atoms with E-state index in [1.807, 2.05) is 0 Å². The molecule has 1 aromatic carbocycles. The maximum absolute atomic E-state index is 12.6. The number of amides is 1. The molecular formula is C36H60F6N4O7S2. The van der Waals surface area contributed by atoms with Crippen molar-refractivity contribution in [3.63, 3.8) is 0 Å². The molecule has 0 unspecified atom stereocenters. The van der Waals surface area contributed by atoms with Crippen LogP contribution < -0.4 is 5.32 Å². The van der Waals surface area contributed by atoms with Crippen LogP contribution in [0.2, 0.25) is 0 Å². The largest absolute Gasteiger partial charge is 0.480 e. The Kier molecular flexibility index (Phi) is 26.4. The Balaban J connectivity index is 0.00000163. The highest BCUT2D eigenvalue weighted by Gasteiger charge is 2.47. The molecule has 0 radical (unpaired) electrons. The van der Waals surface area contributed by atoms with E-state index >= 15 is 0 Å². The lowest BCUT2D eigenvalue weighted by Crippen LogP contribution is -2.52. The first-order chi connectivity index (χ1) is 25.8. The van der Waals surface area contributed by atoms with Crippen molar-refractivity contribution >= 4 is 43.6 Å². The molecule has 1 aromatic rings. The molecule has 11 nitrogen and oxygen atoms in total. The summed E-state index contributed by atoms with van der Waals surface area (Å²) < 4.78 is 116. The molecule has 1 rings (SSSR count). The minimum Gasteiger partial charge on any atom is -0.443 e. The van der Waals surface area contributed by atoms with Gasteiger partial charge in [-0.15, -0.1) is 0 Å². The second-order valence-electron chi connectivity index (χ2n) is 13.5. The molecule has 0 aliphatic heterocycles. The van der Waals surface area contributed by atoms with Crippen molar-refractivity contribution in [2.24, 2.45) is 4.99 Å². The fourth-order valence-electron chi connectivity index (χ4n) is 5.73. The Morgan fingerprint density at radius 1 is 0.655 bits per heavy atom. The van der Waals surface area contributed by atoms with Crippen molar-refractivity contribution in [3.05, 3.63) is 28.4 Å². The van der Waals surface area contributed by atoms with Gasteiger partial charge in [-0.1, -0.05) is 97.8 Å². The Bertz CT molecular complexity index is 1370. The number of ether oxygens (including phenoxy) is 1. The molecule has 1 amide bonds. The number of hydrogen-bond acceptors (Lipinski definition) is 8. The highest BCUT2D eigenvalue weighted by Crippen LogP contribution is 2.36. The van der Waals surface area contributed by atoms with Crippen LogP contribution in [-0.2, 0) is 29.6 Å². The van der Waals surface area contributed by atoms with Gasteiger partial charge in [0.05, 0.1) is 25.3 Å². The van der Waals surface area contributed by atoms with Gasteiger partial charge < -0.3 is 13.3 Å². The average Bonchev–Trinajstić information content (AvgIpc) is 3.09. The number of nitrogens with zero attached hydrogens (tertiary/aromatic N) is 3. The predicted octanol–water partition coefficient (Wildman–Crippen LogP) is 11.2. The smallest absolute Gasteiger partial charge is 0.443 e. The molecule has 1 N–H and O–H groups in total. The molecule has 0 bridgehead atoms. The molecule has 320 valence electrons. The van der Waals surface area contributed by atoms with Crippen LogP contribution in [0, 0.1) is 0 Å². The first-order valence-corrected chi connectivity index (χ1v) is 22.0. The number of carbonyl (C=O) groups is 1. The van der Waals surface area contributed by atoms with E-state index in [-0.39, 0.29) is 0 Å². The summed E-state index contributed by atoms with van der Waals surface area (Å²) in [7, 11) is -13.4. The lowest BCUT2D eigenvalue weighted by atomic mass is 10.1. The lowest BCUT2D eigenvalue weighted by molar-refractivity contribution is -0.929. The highest BCUT2D eigenvalue weighted by molar-refractivity contribution is 8.13. The van der Waals surface area contributed by atoms with E-state index in [2.05, 4.69) is 31.1 Å². The van der Waals surface area contributed by atoms with Gasteiger partial charge in [0.1, 0.15) is 13.2 Å². The summed E-state index contributed by atoms with van der Waals surface area (Å²) in [6.45, 7) is 11.7. The van der Waals surface area contributed by atoms with Gasteiger partial charge in [0.15, 0.2) is 20.0 Å². The Hall–Kier alpha value is -2.73. The molecule has 55 heavy (non-hydrogen) atoms. The first kappa shape index (κ1) is 52.3. The normalized spacial score (nSPS) is 12.4. The monoisotopic (exact) mass is 838 g/mol. The number of rotatable bonds is 28. The molecule has 0 atom stereocenters. The van der Waals surface area contributed by atoms with E-state index in [0.717, 1.165) is 15.2 Å². The van der Waals surface area contributed by atoms with Gasteiger partial charge in [0.25, 0.3) is 0 Å². The van der Waals surface area contributed by atoms with Gasteiger partial charge in [-0.05, 0) is 62.8 Å². The second kappa shape index (κ2) is 27.8.